The van der Waals surface area contributed by atoms with E-state index in [2.05, 4.69) is 70.7 Å². The summed E-state index contributed by atoms with van der Waals surface area (Å²) >= 11 is 0. The molecule has 0 radical (unpaired) electrons. The van der Waals surface area contributed by atoms with Crippen molar-refractivity contribution in [2.24, 2.45) is 0 Å². The molecule has 1 fully saturated rings. The number of nitrogens with one attached hydrogen (secondary N) is 1. The van der Waals surface area contributed by atoms with Crippen LogP contribution in [0.3, 0.4) is 0 Å². The first-order chi connectivity index (χ1) is 12.4. The number of unbranched alkanes of at least 4 members (excludes halogenated alkanes) is 1. The number of hydrogen-bond donors (Lipinski definition) is 1. The summed E-state index contributed by atoms with van der Waals surface area (Å²) < 4.78 is 0. The number of likely N-dealkylation sites (tertiary alicyclic amines) is 1. The van der Waals surface area contributed by atoms with Gasteiger partial charge in [0.05, 0.1) is 0 Å². The summed E-state index contributed by atoms with van der Waals surface area (Å²) in [4.78, 5) is 6.05. The fraction of sp³-hybridized carbons (Fsp3) is 0.391. The number of aromatic nitrogens is 1. The number of nitrogens with zero attached hydrogens (tertiary/aromatic N) is 1. The lowest BCUT2D eigenvalue weighted by Crippen LogP contribution is -2.33. The lowest BCUT2D eigenvalue weighted by atomic mass is 9.89. The van der Waals surface area contributed by atoms with E-state index in [-0.39, 0.29) is 12.4 Å². The molecule has 0 saturated carbocycles. The van der Waals surface area contributed by atoms with Crippen molar-refractivity contribution in [2.45, 2.75) is 38.0 Å². The largest absolute Gasteiger partial charge is 0.361 e. The standard InChI is InChI=1S/C23H28N2.ClH/c1-2-8-19(9-3-1)20-13-16-25(17-14-20)15-7-6-10-21-18-24-23-12-5-4-11-22(21)23;/h1-5,8-9,11-12,18,20,24H,6-7,10,13-17H2;1H. The first-order valence-electron chi connectivity index (χ1n) is 9.72. The molecule has 1 aliphatic rings. The molecule has 3 heteroatoms. The smallest absolute Gasteiger partial charge is 0.0456 e. The Bertz CT molecular complexity index is 788. The molecule has 138 valence electrons. The number of fused-ring (bicyclic) bond motifs is 1. The predicted octanol–water partition coefficient (Wildman–Crippen LogP) is 5.79. The van der Waals surface area contributed by atoms with Gasteiger partial charge in [-0.05, 0) is 74.8 Å². The maximum Gasteiger partial charge on any atom is 0.0456 e. The number of para-hydroxylation sites is 1. The van der Waals surface area contributed by atoms with E-state index < -0.39 is 0 Å². The molecule has 0 spiro atoms. The van der Waals surface area contributed by atoms with Crippen LogP contribution in [0.15, 0.2) is 60.8 Å². The second kappa shape index (κ2) is 9.25. The maximum atomic E-state index is 3.39. The molecule has 0 bridgehead atoms. The first-order valence-corrected chi connectivity index (χ1v) is 9.72. The topological polar surface area (TPSA) is 19.0 Å². The number of rotatable bonds is 6. The molecule has 0 amide bonds. The Kier molecular flexibility index (Phi) is 6.76. The number of hydrogen-bond acceptors (Lipinski definition) is 1. The number of aryl methyl sites for hydroxylation is 1. The van der Waals surface area contributed by atoms with Crippen molar-refractivity contribution < 1.29 is 0 Å². The molecule has 0 atom stereocenters. The van der Waals surface area contributed by atoms with Gasteiger partial charge in [-0.3, -0.25) is 0 Å². The Hall–Kier alpha value is -1.77. The van der Waals surface area contributed by atoms with Crippen molar-refractivity contribution >= 4 is 23.3 Å². The van der Waals surface area contributed by atoms with Gasteiger partial charge in [-0.25, -0.2) is 0 Å². The summed E-state index contributed by atoms with van der Waals surface area (Å²) in [5, 5.41) is 1.39. The third-order valence-corrected chi connectivity index (χ3v) is 5.70. The van der Waals surface area contributed by atoms with Gasteiger partial charge in [0.2, 0.25) is 0 Å². The Labute approximate surface area is 163 Å². The Morgan fingerprint density at radius 1 is 0.885 bits per heavy atom. The number of piperidine rings is 1. The summed E-state index contributed by atoms with van der Waals surface area (Å²) in [6.45, 7) is 3.77. The molecule has 2 aromatic carbocycles. The average molecular weight is 369 g/mol. The summed E-state index contributed by atoms with van der Waals surface area (Å²) in [5.74, 6) is 0.767. The minimum atomic E-state index is 0. The molecule has 26 heavy (non-hydrogen) atoms. The number of halogens is 1. The Balaban J connectivity index is 0.00000196. The highest BCUT2D eigenvalue weighted by Crippen LogP contribution is 2.28. The van der Waals surface area contributed by atoms with Crippen LogP contribution in [0.2, 0.25) is 0 Å². The first kappa shape index (κ1) is 19.0. The second-order valence-electron chi connectivity index (χ2n) is 7.34. The van der Waals surface area contributed by atoms with E-state index in [4.69, 9.17) is 0 Å². The van der Waals surface area contributed by atoms with Crippen LogP contribution in [0, 0.1) is 0 Å². The monoisotopic (exact) mass is 368 g/mol. The van der Waals surface area contributed by atoms with Crippen molar-refractivity contribution in [1.82, 2.24) is 9.88 Å². The van der Waals surface area contributed by atoms with Crippen molar-refractivity contribution in [1.29, 1.82) is 0 Å². The zero-order valence-corrected chi connectivity index (χ0v) is 16.2. The molecular formula is C23H29ClN2. The van der Waals surface area contributed by atoms with Crippen molar-refractivity contribution in [3.63, 3.8) is 0 Å². The highest BCUT2D eigenvalue weighted by molar-refractivity contribution is 5.85. The molecule has 2 nitrogen and oxygen atoms in total. The van der Waals surface area contributed by atoms with Gasteiger partial charge in [-0.1, -0.05) is 48.5 Å². The quantitative estimate of drug-likeness (QED) is 0.545. The van der Waals surface area contributed by atoms with E-state index in [0.717, 1.165) is 5.92 Å². The van der Waals surface area contributed by atoms with E-state index in [9.17, 15) is 0 Å². The van der Waals surface area contributed by atoms with Gasteiger partial charge >= 0.3 is 0 Å². The van der Waals surface area contributed by atoms with E-state index in [1.165, 1.54) is 73.8 Å². The summed E-state index contributed by atoms with van der Waals surface area (Å²) in [7, 11) is 0. The molecule has 1 N–H and O–H groups in total. The van der Waals surface area contributed by atoms with Gasteiger partial charge in [-0.15, -0.1) is 12.4 Å². The number of aromatic amines is 1. The zero-order chi connectivity index (χ0) is 16.9. The molecule has 0 aliphatic carbocycles. The van der Waals surface area contributed by atoms with E-state index in [1.54, 1.807) is 0 Å². The fourth-order valence-electron chi connectivity index (χ4n) is 4.20. The molecule has 2 heterocycles. The lowest BCUT2D eigenvalue weighted by Gasteiger charge is -2.32. The Morgan fingerprint density at radius 3 is 2.42 bits per heavy atom. The molecule has 1 aromatic heterocycles. The predicted molar refractivity (Wildman–Crippen MR) is 113 cm³/mol. The second-order valence-corrected chi connectivity index (χ2v) is 7.34. The van der Waals surface area contributed by atoms with E-state index in [1.807, 2.05) is 0 Å². The molecule has 3 aromatic rings. The third kappa shape index (κ3) is 4.49. The minimum Gasteiger partial charge on any atom is -0.361 e. The normalized spacial score (nSPS) is 15.8. The van der Waals surface area contributed by atoms with Crippen molar-refractivity contribution in [2.75, 3.05) is 19.6 Å². The fourth-order valence-corrected chi connectivity index (χ4v) is 4.20. The summed E-state index contributed by atoms with van der Waals surface area (Å²) in [6, 6.07) is 19.7. The minimum absolute atomic E-state index is 0. The molecule has 0 unspecified atom stereocenters. The number of H-pyrrole nitrogens is 1. The molecular weight excluding hydrogens is 340 g/mol. The highest BCUT2D eigenvalue weighted by Gasteiger charge is 2.19. The van der Waals surface area contributed by atoms with Crippen molar-refractivity contribution in [3.05, 3.63) is 71.9 Å². The van der Waals surface area contributed by atoms with Crippen LogP contribution in [0.1, 0.15) is 42.7 Å². The average Bonchev–Trinajstić information content (AvgIpc) is 3.10. The maximum absolute atomic E-state index is 3.39. The molecule has 1 aliphatic heterocycles. The third-order valence-electron chi connectivity index (χ3n) is 5.70. The van der Waals surface area contributed by atoms with Gasteiger partial charge < -0.3 is 9.88 Å². The summed E-state index contributed by atoms with van der Waals surface area (Å²) in [6.07, 6.45) is 8.58. The van der Waals surface area contributed by atoms with E-state index in [0.29, 0.717) is 0 Å². The van der Waals surface area contributed by atoms with E-state index >= 15 is 0 Å². The van der Waals surface area contributed by atoms with Gasteiger partial charge in [0, 0.05) is 17.1 Å². The van der Waals surface area contributed by atoms with Crippen molar-refractivity contribution in [3.8, 4) is 0 Å². The van der Waals surface area contributed by atoms with Gasteiger partial charge in [0.15, 0.2) is 0 Å². The van der Waals surface area contributed by atoms with Crippen LogP contribution >= 0.6 is 12.4 Å². The highest BCUT2D eigenvalue weighted by atomic mass is 35.5. The van der Waals surface area contributed by atoms with Gasteiger partial charge in [0.25, 0.3) is 0 Å². The van der Waals surface area contributed by atoms with Gasteiger partial charge in [0.1, 0.15) is 0 Å². The van der Waals surface area contributed by atoms with Crippen LogP contribution in [0.25, 0.3) is 10.9 Å². The van der Waals surface area contributed by atoms with Crippen LogP contribution in [0.4, 0.5) is 0 Å². The van der Waals surface area contributed by atoms with Crippen LogP contribution in [0.5, 0.6) is 0 Å². The van der Waals surface area contributed by atoms with Crippen LogP contribution in [-0.2, 0) is 6.42 Å². The zero-order valence-electron chi connectivity index (χ0n) is 15.4. The van der Waals surface area contributed by atoms with Crippen LogP contribution < -0.4 is 0 Å². The van der Waals surface area contributed by atoms with Crippen LogP contribution in [-0.4, -0.2) is 29.5 Å². The lowest BCUT2D eigenvalue weighted by molar-refractivity contribution is 0.209. The Morgan fingerprint density at radius 2 is 1.62 bits per heavy atom. The SMILES string of the molecule is Cl.c1ccc(C2CCN(CCCCc3c[nH]c4ccccc34)CC2)cc1. The molecule has 1 saturated heterocycles. The summed E-state index contributed by atoms with van der Waals surface area (Å²) in [5.41, 5.74) is 4.26. The molecule has 4 rings (SSSR count). The number of benzene rings is 2. The van der Waals surface area contributed by atoms with Gasteiger partial charge in [-0.2, -0.15) is 0 Å².